The van der Waals surface area contributed by atoms with E-state index in [4.69, 9.17) is 0 Å². The maximum Gasteiger partial charge on any atom is 0.240 e. The van der Waals surface area contributed by atoms with Gasteiger partial charge in [-0.25, -0.2) is 21.6 Å². The highest BCUT2D eigenvalue weighted by molar-refractivity contribution is 7.90. The average molecular weight is 295 g/mol. The normalized spacial score (nSPS) is 12.6. The highest BCUT2D eigenvalue weighted by atomic mass is 32.2. The van der Waals surface area contributed by atoms with Gasteiger partial charge in [0.25, 0.3) is 0 Å². The molecule has 0 spiro atoms. The molecular weight excluding hydrogens is 282 g/mol. The Bertz CT molecular complexity index is 575. The summed E-state index contributed by atoms with van der Waals surface area (Å²) in [5, 5.41) is 0. The van der Waals surface area contributed by atoms with E-state index < -0.39 is 19.9 Å². The Hall–Kier alpha value is -0.570. The second-order valence-corrected chi connectivity index (χ2v) is 7.59. The third-order valence-corrected chi connectivity index (χ3v) is 4.80. The van der Waals surface area contributed by atoms with Gasteiger partial charge < -0.3 is 0 Å². The molecule has 0 saturated heterocycles. The zero-order chi connectivity index (χ0) is 13.1. The molecule has 0 aromatic heterocycles. The second kappa shape index (κ2) is 5.38. The lowest BCUT2D eigenvalue weighted by molar-refractivity contribution is 0.583. The van der Waals surface area contributed by atoms with Crippen LogP contribution in [0.1, 0.15) is 0 Å². The van der Waals surface area contributed by atoms with Crippen molar-refractivity contribution in [2.45, 2.75) is 9.79 Å². The zero-order valence-corrected chi connectivity index (χ0v) is 11.6. The van der Waals surface area contributed by atoms with Gasteiger partial charge in [-0.1, -0.05) is 0 Å². The zero-order valence-electron chi connectivity index (χ0n) is 9.12. The van der Waals surface area contributed by atoms with Gasteiger partial charge in [0.2, 0.25) is 10.0 Å². The number of benzene rings is 1. The first kappa shape index (κ1) is 14.5. The minimum atomic E-state index is -3.58. The van der Waals surface area contributed by atoms with Crippen LogP contribution in [-0.2, 0) is 19.9 Å². The monoisotopic (exact) mass is 295 g/mol. The molecule has 0 amide bonds. The molecule has 8 heteroatoms. The minimum Gasteiger partial charge on any atom is -0.224 e. The van der Waals surface area contributed by atoms with Gasteiger partial charge in [0.15, 0.2) is 9.84 Å². The van der Waals surface area contributed by atoms with E-state index in [1.807, 2.05) is 0 Å². The molecule has 0 atom stereocenters. The van der Waals surface area contributed by atoms with Crippen LogP contribution in [0.4, 0.5) is 0 Å². The van der Waals surface area contributed by atoms with Crippen molar-refractivity contribution in [3.63, 3.8) is 0 Å². The van der Waals surface area contributed by atoms with Crippen molar-refractivity contribution in [1.29, 1.82) is 0 Å². The van der Waals surface area contributed by atoms with Crippen molar-refractivity contribution in [2.24, 2.45) is 0 Å². The lowest BCUT2D eigenvalue weighted by atomic mass is 10.4. The number of nitrogens with one attached hydrogen (secondary N) is 1. The van der Waals surface area contributed by atoms with Gasteiger partial charge in [-0.3, -0.25) is 0 Å². The third kappa shape index (κ3) is 3.98. The van der Waals surface area contributed by atoms with Crippen LogP contribution < -0.4 is 4.72 Å². The summed E-state index contributed by atoms with van der Waals surface area (Å²) in [6.07, 6.45) is 1.07. The van der Waals surface area contributed by atoms with E-state index in [1.54, 1.807) is 0 Å². The Morgan fingerprint density at radius 3 is 1.94 bits per heavy atom. The molecule has 1 N–H and O–H groups in total. The van der Waals surface area contributed by atoms with E-state index in [2.05, 4.69) is 17.4 Å². The summed E-state index contributed by atoms with van der Waals surface area (Å²) >= 11 is 3.89. The van der Waals surface area contributed by atoms with E-state index in [-0.39, 0.29) is 16.3 Å². The smallest absolute Gasteiger partial charge is 0.224 e. The Morgan fingerprint density at radius 1 is 1.06 bits per heavy atom. The Morgan fingerprint density at radius 2 is 1.53 bits per heavy atom. The molecule has 1 aromatic carbocycles. The number of thiol groups is 1. The third-order valence-electron chi connectivity index (χ3n) is 1.97. The molecule has 0 saturated carbocycles. The highest BCUT2D eigenvalue weighted by Crippen LogP contribution is 2.13. The number of sulfonamides is 1. The van der Waals surface area contributed by atoms with Crippen molar-refractivity contribution in [1.82, 2.24) is 4.72 Å². The molecule has 0 bridgehead atoms. The van der Waals surface area contributed by atoms with Gasteiger partial charge in [0.1, 0.15) is 0 Å². The van der Waals surface area contributed by atoms with E-state index in [9.17, 15) is 16.8 Å². The molecule has 0 fully saturated rings. The standard InChI is InChI=1S/C9H13NO4S3/c1-16(11,12)8-2-4-9(5-3-8)17(13,14)10-6-7-15/h2-5,10,15H,6-7H2,1H3. The predicted octanol–water partition coefficient (Wildman–Crippen LogP) is 0.298. The highest BCUT2D eigenvalue weighted by Gasteiger charge is 2.14. The van der Waals surface area contributed by atoms with Crippen molar-refractivity contribution < 1.29 is 16.8 Å². The van der Waals surface area contributed by atoms with Gasteiger partial charge in [-0.15, -0.1) is 0 Å². The summed E-state index contributed by atoms with van der Waals surface area (Å²) in [6, 6.07) is 5.06. The van der Waals surface area contributed by atoms with Crippen molar-refractivity contribution in [3.8, 4) is 0 Å². The first-order chi connectivity index (χ1) is 7.77. The summed E-state index contributed by atoms with van der Waals surface area (Å²) in [5.74, 6) is 0.390. The molecule has 0 radical (unpaired) electrons. The number of hydrogen-bond acceptors (Lipinski definition) is 5. The lowest BCUT2D eigenvalue weighted by Crippen LogP contribution is -2.25. The lowest BCUT2D eigenvalue weighted by Gasteiger charge is -2.05. The van der Waals surface area contributed by atoms with Crippen LogP contribution in [0.25, 0.3) is 0 Å². The van der Waals surface area contributed by atoms with E-state index in [0.717, 1.165) is 6.26 Å². The molecule has 0 aliphatic carbocycles. The van der Waals surface area contributed by atoms with Gasteiger partial charge in [-0.05, 0) is 24.3 Å². The van der Waals surface area contributed by atoms with Gasteiger partial charge in [0, 0.05) is 18.6 Å². The fraction of sp³-hybridized carbons (Fsp3) is 0.333. The van der Waals surface area contributed by atoms with E-state index in [1.165, 1.54) is 24.3 Å². The Labute approximate surface area is 107 Å². The predicted molar refractivity (Wildman–Crippen MR) is 68.6 cm³/mol. The molecule has 0 heterocycles. The molecular formula is C9H13NO4S3. The van der Waals surface area contributed by atoms with Crippen molar-refractivity contribution >= 4 is 32.5 Å². The van der Waals surface area contributed by atoms with E-state index >= 15 is 0 Å². The van der Waals surface area contributed by atoms with Gasteiger partial charge in [-0.2, -0.15) is 12.6 Å². The maximum absolute atomic E-state index is 11.7. The molecule has 1 aromatic rings. The first-order valence-electron chi connectivity index (χ1n) is 4.68. The van der Waals surface area contributed by atoms with Gasteiger partial charge >= 0.3 is 0 Å². The second-order valence-electron chi connectivity index (χ2n) is 3.36. The van der Waals surface area contributed by atoms with Gasteiger partial charge in [0.05, 0.1) is 9.79 Å². The fourth-order valence-electron chi connectivity index (χ4n) is 1.13. The molecule has 0 aliphatic heterocycles. The Balaban J connectivity index is 3.03. The van der Waals surface area contributed by atoms with Crippen LogP contribution in [0, 0.1) is 0 Å². The van der Waals surface area contributed by atoms with Crippen molar-refractivity contribution in [3.05, 3.63) is 24.3 Å². The van der Waals surface area contributed by atoms with Crippen LogP contribution in [-0.4, -0.2) is 35.4 Å². The van der Waals surface area contributed by atoms with Crippen LogP contribution in [0.3, 0.4) is 0 Å². The molecule has 5 nitrogen and oxygen atoms in total. The van der Waals surface area contributed by atoms with Crippen LogP contribution in [0.2, 0.25) is 0 Å². The molecule has 96 valence electrons. The Kier molecular flexibility index (Phi) is 4.59. The summed E-state index contributed by atoms with van der Waals surface area (Å²) in [4.78, 5) is 0.123. The van der Waals surface area contributed by atoms with Crippen molar-refractivity contribution in [2.75, 3.05) is 18.6 Å². The molecule has 17 heavy (non-hydrogen) atoms. The summed E-state index contributed by atoms with van der Waals surface area (Å²) < 4.78 is 48.0. The number of hydrogen-bond donors (Lipinski definition) is 2. The molecule has 1 rings (SSSR count). The van der Waals surface area contributed by atoms with Crippen LogP contribution in [0.15, 0.2) is 34.1 Å². The minimum absolute atomic E-state index is 0.0340. The van der Waals surface area contributed by atoms with Crippen LogP contribution in [0.5, 0.6) is 0 Å². The summed E-state index contributed by atoms with van der Waals surface area (Å²) in [5.41, 5.74) is 0. The largest absolute Gasteiger partial charge is 0.240 e. The topological polar surface area (TPSA) is 80.3 Å². The van der Waals surface area contributed by atoms with E-state index in [0.29, 0.717) is 5.75 Å². The quantitative estimate of drug-likeness (QED) is 0.766. The number of sulfone groups is 1. The molecule has 0 aliphatic rings. The fourth-order valence-corrected chi connectivity index (χ4v) is 3.05. The summed E-state index contributed by atoms with van der Waals surface area (Å²) in [6.45, 7) is 0.222. The maximum atomic E-state index is 11.7. The van der Waals surface area contributed by atoms with Crippen LogP contribution >= 0.6 is 12.6 Å². The average Bonchev–Trinajstić information content (AvgIpc) is 2.25. The number of rotatable bonds is 5. The summed E-state index contributed by atoms with van der Waals surface area (Å²) in [7, 11) is -6.89. The first-order valence-corrected chi connectivity index (χ1v) is 8.69. The molecule has 0 unspecified atom stereocenters. The SMILES string of the molecule is CS(=O)(=O)c1ccc(S(=O)(=O)NCCS)cc1.